The number of nitrogens with zero attached hydrogens (tertiary/aromatic N) is 1. The van der Waals surface area contributed by atoms with E-state index in [2.05, 4.69) is 15.9 Å². The number of halogens is 3. The highest BCUT2D eigenvalue weighted by molar-refractivity contribution is 9.10. The third-order valence-corrected chi connectivity index (χ3v) is 8.96. The number of benzene rings is 3. The summed E-state index contributed by atoms with van der Waals surface area (Å²) < 4.78 is 16.3. The van der Waals surface area contributed by atoms with Gasteiger partial charge in [-0.3, -0.25) is 4.79 Å². The monoisotopic (exact) mass is 685 g/mol. The third-order valence-electron chi connectivity index (χ3n) is 7.33. The van der Waals surface area contributed by atoms with Crippen molar-refractivity contribution >= 4 is 67.0 Å². The fraction of sp³-hybridized carbons (Fsp3) is 0.219. The van der Waals surface area contributed by atoms with Gasteiger partial charge in [0.05, 0.1) is 23.8 Å². The van der Waals surface area contributed by atoms with E-state index in [1.54, 1.807) is 48.2 Å². The van der Waals surface area contributed by atoms with Crippen LogP contribution in [0.2, 0.25) is 10.0 Å². The zero-order chi connectivity index (χ0) is 31.0. The molecule has 1 amide bonds. The van der Waals surface area contributed by atoms with Crippen molar-refractivity contribution in [3.8, 4) is 16.9 Å². The van der Waals surface area contributed by atoms with E-state index in [0.29, 0.717) is 69.0 Å². The quantitative estimate of drug-likeness (QED) is 0.192. The number of ether oxygens (including phenoxy) is 1. The largest absolute Gasteiger partial charge is 0.506 e. The number of fused-ring (bicyclic) bond motifs is 2. The molecule has 5 aromatic rings. The molecule has 1 aliphatic rings. The van der Waals surface area contributed by atoms with Crippen LogP contribution in [-0.4, -0.2) is 42.2 Å². The lowest BCUT2D eigenvalue weighted by Gasteiger charge is -2.26. The van der Waals surface area contributed by atoms with Crippen LogP contribution in [0, 0.1) is 20.8 Å². The predicted molar refractivity (Wildman–Crippen MR) is 171 cm³/mol. The van der Waals surface area contributed by atoms with Crippen LogP contribution in [0.3, 0.4) is 0 Å². The van der Waals surface area contributed by atoms with E-state index in [9.17, 15) is 19.5 Å². The molecule has 1 saturated heterocycles. The van der Waals surface area contributed by atoms with E-state index in [1.807, 2.05) is 19.9 Å². The fourth-order valence-electron chi connectivity index (χ4n) is 4.87. The number of carbonyl (C=O) groups excluding carboxylic acids is 1. The maximum absolute atomic E-state index is 12.6. The number of morpholine rings is 1. The van der Waals surface area contributed by atoms with Gasteiger partial charge >= 0.3 is 11.3 Å². The smallest absolute Gasteiger partial charge is 0.350 e. The highest BCUT2D eigenvalue weighted by Gasteiger charge is 2.20. The van der Waals surface area contributed by atoms with E-state index in [1.165, 1.54) is 6.07 Å². The first-order valence-corrected chi connectivity index (χ1v) is 14.8. The Morgan fingerprint density at radius 1 is 0.837 bits per heavy atom. The van der Waals surface area contributed by atoms with E-state index >= 15 is 0 Å². The maximum atomic E-state index is 12.6. The van der Waals surface area contributed by atoms with E-state index in [0.717, 1.165) is 16.5 Å². The van der Waals surface area contributed by atoms with Crippen molar-refractivity contribution < 1.29 is 23.5 Å². The van der Waals surface area contributed by atoms with Gasteiger partial charge in [-0.05, 0) is 89.3 Å². The minimum Gasteiger partial charge on any atom is -0.506 e. The number of rotatable bonds is 2. The Balaban J connectivity index is 0.000000207. The molecule has 0 saturated carbocycles. The van der Waals surface area contributed by atoms with Crippen molar-refractivity contribution in [2.75, 3.05) is 26.3 Å². The first-order valence-electron chi connectivity index (χ1n) is 13.3. The molecular weight excluding hydrogens is 661 g/mol. The van der Waals surface area contributed by atoms with Gasteiger partial charge in [0, 0.05) is 40.5 Å². The number of phenolic OH excluding ortho intramolecular Hbond substituents is 1. The second-order valence-electron chi connectivity index (χ2n) is 10.1. The molecule has 0 radical (unpaired) electrons. The molecule has 222 valence electrons. The van der Waals surface area contributed by atoms with Crippen molar-refractivity contribution in [1.29, 1.82) is 0 Å². The maximum Gasteiger partial charge on any atom is 0.350 e. The van der Waals surface area contributed by atoms with Crippen molar-refractivity contribution in [2.45, 2.75) is 20.8 Å². The molecule has 6 rings (SSSR count). The highest BCUT2D eigenvalue weighted by Crippen LogP contribution is 2.33. The number of amides is 1. The zero-order valence-electron chi connectivity index (χ0n) is 23.4. The van der Waals surface area contributed by atoms with Crippen molar-refractivity contribution in [2.24, 2.45) is 0 Å². The van der Waals surface area contributed by atoms with Crippen LogP contribution >= 0.6 is 39.1 Å². The molecule has 8 nitrogen and oxygen atoms in total. The van der Waals surface area contributed by atoms with E-state index in [4.69, 9.17) is 36.8 Å². The summed E-state index contributed by atoms with van der Waals surface area (Å²) >= 11 is 15.2. The Morgan fingerprint density at radius 2 is 1.42 bits per heavy atom. The summed E-state index contributed by atoms with van der Waals surface area (Å²) in [7, 11) is 0. The Labute approximate surface area is 264 Å². The molecule has 0 spiro atoms. The number of hydrogen-bond acceptors (Lipinski definition) is 7. The van der Waals surface area contributed by atoms with Gasteiger partial charge in [0.2, 0.25) is 0 Å². The molecule has 43 heavy (non-hydrogen) atoms. The number of carbonyl (C=O) groups is 1. The SMILES string of the molecule is Cc1c(-c2ccc(C(=O)N3CCOCC3)cc2)c(=O)oc2cc(O)c(Cl)cc12.Cc1cc2oc(=O)c(Br)c(C)c2cc1Cl. The zero-order valence-corrected chi connectivity index (χ0v) is 26.5. The summed E-state index contributed by atoms with van der Waals surface area (Å²) in [6.45, 7) is 7.75. The molecule has 1 aliphatic heterocycles. The average molecular weight is 687 g/mol. The number of aryl methyl sites for hydroxylation is 3. The fourth-order valence-corrected chi connectivity index (χ4v) is 5.49. The van der Waals surface area contributed by atoms with Gasteiger partial charge in [-0.2, -0.15) is 0 Å². The molecule has 2 aromatic heterocycles. The van der Waals surface area contributed by atoms with Gasteiger partial charge in [-0.15, -0.1) is 0 Å². The lowest BCUT2D eigenvalue weighted by atomic mass is 9.98. The number of aromatic hydroxyl groups is 1. The van der Waals surface area contributed by atoms with Crippen LogP contribution in [-0.2, 0) is 4.74 Å². The Hall–Kier alpha value is -3.63. The summed E-state index contributed by atoms with van der Waals surface area (Å²) in [6.07, 6.45) is 0. The molecule has 0 aliphatic carbocycles. The Kier molecular flexibility index (Phi) is 8.99. The summed E-state index contributed by atoms with van der Waals surface area (Å²) in [5, 5.41) is 12.1. The number of hydrogen-bond donors (Lipinski definition) is 1. The molecule has 1 N–H and O–H groups in total. The molecule has 1 fully saturated rings. The van der Waals surface area contributed by atoms with Gasteiger partial charge in [0.25, 0.3) is 5.91 Å². The third kappa shape index (κ3) is 6.21. The topological polar surface area (TPSA) is 110 Å². The Bertz CT molecular complexity index is 2000. The second kappa shape index (κ2) is 12.5. The highest BCUT2D eigenvalue weighted by atomic mass is 79.9. The van der Waals surface area contributed by atoms with Crippen molar-refractivity contribution in [1.82, 2.24) is 4.90 Å². The lowest BCUT2D eigenvalue weighted by Crippen LogP contribution is -2.40. The standard InChI is InChI=1S/C21H18ClNO5.C11H8BrClO2/c1-12-15-10-16(22)17(24)11-18(15)28-21(26)19(12)13-2-4-14(5-3-13)20(25)23-6-8-27-9-7-23;1-5-3-9-7(4-8(5)13)6(2)10(12)11(14)15-9/h2-5,10-11,24H,6-9H2,1H3;3-4H,1-2H3. The first kappa shape index (κ1) is 30.8. The predicted octanol–water partition coefficient (Wildman–Crippen LogP) is 7.43. The second-order valence-corrected chi connectivity index (χ2v) is 11.7. The molecular formula is C32H26BrCl2NO7. The minimum absolute atomic E-state index is 0.0561. The summed E-state index contributed by atoms with van der Waals surface area (Å²) in [5.74, 6) is -0.199. The van der Waals surface area contributed by atoms with Crippen LogP contribution < -0.4 is 11.3 Å². The van der Waals surface area contributed by atoms with Crippen LogP contribution in [0.5, 0.6) is 5.75 Å². The van der Waals surface area contributed by atoms with Crippen LogP contribution in [0.25, 0.3) is 33.1 Å². The van der Waals surface area contributed by atoms with Gasteiger partial charge in [0.15, 0.2) is 0 Å². The van der Waals surface area contributed by atoms with Crippen LogP contribution in [0.1, 0.15) is 27.0 Å². The normalized spacial score (nSPS) is 13.2. The lowest BCUT2D eigenvalue weighted by molar-refractivity contribution is 0.0303. The molecule has 11 heteroatoms. The van der Waals surface area contributed by atoms with Gasteiger partial charge in [0.1, 0.15) is 21.4 Å². The average Bonchev–Trinajstić information content (AvgIpc) is 2.99. The van der Waals surface area contributed by atoms with Gasteiger partial charge in [-0.1, -0.05) is 35.3 Å². The molecule has 0 bridgehead atoms. The van der Waals surface area contributed by atoms with E-state index < -0.39 is 5.63 Å². The first-order chi connectivity index (χ1) is 20.5. The van der Waals surface area contributed by atoms with Crippen molar-refractivity contribution in [3.05, 3.63) is 106 Å². The van der Waals surface area contributed by atoms with Crippen molar-refractivity contribution in [3.63, 3.8) is 0 Å². The summed E-state index contributed by atoms with van der Waals surface area (Å²) in [6, 6.07) is 13.4. The van der Waals surface area contributed by atoms with Gasteiger partial charge < -0.3 is 23.6 Å². The molecule has 0 unspecified atom stereocenters. The Morgan fingerprint density at radius 3 is 2.09 bits per heavy atom. The van der Waals surface area contributed by atoms with E-state index in [-0.39, 0.29) is 27.9 Å². The van der Waals surface area contributed by atoms with Crippen LogP contribution in [0.15, 0.2) is 71.4 Å². The summed E-state index contributed by atoms with van der Waals surface area (Å²) in [4.78, 5) is 38.3. The minimum atomic E-state index is -0.515. The number of phenols is 1. The van der Waals surface area contributed by atoms with Gasteiger partial charge in [-0.25, -0.2) is 9.59 Å². The van der Waals surface area contributed by atoms with Crippen LogP contribution in [0.4, 0.5) is 0 Å². The molecule has 3 aromatic carbocycles. The molecule has 3 heterocycles. The summed E-state index contributed by atoms with van der Waals surface area (Å²) in [5.41, 5.74) is 4.02. The molecule has 0 atom stereocenters.